The lowest BCUT2D eigenvalue weighted by molar-refractivity contribution is 0.0181. The molecule has 2 aromatic rings. The van der Waals surface area contributed by atoms with Crippen LogP contribution >= 0.6 is 0 Å². The Morgan fingerprint density at radius 2 is 1.93 bits per heavy atom. The Balaban J connectivity index is 1.89. The van der Waals surface area contributed by atoms with E-state index >= 15 is 0 Å². The van der Waals surface area contributed by atoms with Gasteiger partial charge in [-0.15, -0.1) is 0 Å². The second kappa shape index (κ2) is 8.85. The fourth-order valence-corrected chi connectivity index (χ4v) is 5.15. The number of carbonyl (C=O) groups is 1. The number of fused-ring (bicyclic) bond motifs is 1. The molecule has 0 radical (unpaired) electrons. The molecule has 164 valence electrons. The highest BCUT2D eigenvalue weighted by Crippen LogP contribution is 2.25. The standard InChI is InChI=1S/C21H28FN3O4S/c1-21(2,3)29-20(26)24-10-4-5-11-25(18(13-22)15-24)30(27,28)19-7-6-17-14-23-9-8-16(17)12-19/h6-9,12,14,18H,4-5,10-11,13,15H2,1-3H3/t18-/m1/s1. The minimum Gasteiger partial charge on any atom is -0.444 e. The van der Waals surface area contributed by atoms with Gasteiger partial charge in [-0.3, -0.25) is 4.98 Å². The highest BCUT2D eigenvalue weighted by Gasteiger charge is 2.35. The highest BCUT2D eigenvalue weighted by molar-refractivity contribution is 7.89. The fraction of sp³-hybridized carbons (Fsp3) is 0.524. The van der Waals surface area contributed by atoms with Crippen LogP contribution in [-0.2, 0) is 14.8 Å². The van der Waals surface area contributed by atoms with Crippen molar-refractivity contribution in [2.75, 3.05) is 26.3 Å². The van der Waals surface area contributed by atoms with Crippen LogP contribution < -0.4 is 0 Å². The molecule has 7 nitrogen and oxygen atoms in total. The molecule has 1 aliphatic heterocycles. The number of alkyl halides is 1. The lowest BCUT2D eigenvalue weighted by Gasteiger charge is -2.36. The van der Waals surface area contributed by atoms with Crippen molar-refractivity contribution in [3.8, 4) is 0 Å². The van der Waals surface area contributed by atoms with E-state index in [2.05, 4.69) is 4.98 Å². The summed E-state index contributed by atoms with van der Waals surface area (Å²) in [5.74, 6) is 0. The molecule has 1 aliphatic rings. The van der Waals surface area contributed by atoms with Gasteiger partial charge in [-0.1, -0.05) is 6.07 Å². The first-order chi connectivity index (χ1) is 14.1. The molecule has 0 bridgehead atoms. The maximum absolute atomic E-state index is 14.0. The molecule has 0 spiro atoms. The topological polar surface area (TPSA) is 79.8 Å². The predicted molar refractivity (Wildman–Crippen MR) is 112 cm³/mol. The zero-order valence-corrected chi connectivity index (χ0v) is 18.4. The number of hydrogen-bond donors (Lipinski definition) is 0. The minimum absolute atomic E-state index is 0.0534. The van der Waals surface area contributed by atoms with Gasteiger partial charge in [0.05, 0.1) is 10.9 Å². The predicted octanol–water partition coefficient (Wildman–Crippen LogP) is 3.59. The van der Waals surface area contributed by atoms with Crippen molar-refractivity contribution in [2.24, 2.45) is 0 Å². The van der Waals surface area contributed by atoms with Crippen molar-refractivity contribution >= 4 is 26.9 Å². The van der Waals surface area contributed by atoms with Crippen LogP contribution in [0.15, 0.2) is 41.6 Å². The maximum Gasteiger partial charge on any atom is 0.410 e. The summed E-state index contributed by atoms with van der Waals surface area (Å²) in [4.78, 5) is 18.1. The number of carbonyl (C=O) groups excluding carboxylic acids is 1. The van der Waals surface area contributed by atoms with Crippen molar-refractivity contribution in [1.82, 2.24) is 14.2 Å². The van der Waals surface area contributed by atoms with E-state index in [1.807, 2.05) is 0 Å². The van der Waals surface area contributed by atoms with E-state index in [9.17, 15) is 17.6 Å². The van der Waals surface area contributed by atoms with E-state index in [1.165, 1.54) is 15.3 Å². The van der Waals surface area contributed by atoms with Crippen LogP contribution in [0.1, 0.15) is 33.6 Å². The molecule has 9 heteroatoms. The molecule has 0 saturated carbocycles. The van der Waals surface area contributed by atoms with E-state index in [-0.39, 0.29) is 18.0 Å². The Morgan fingerprint density at radius 1 is 1.20 bits per heavy atom. The normalized spacial score (nSPS) is 19.3. The monoisotopic (exact) mass is 437 g/mol. The number of ether oxygens (including phenoxy) is 1. The summed E-state index contributed by atoms with van der Waals surface area (Å²) in [5, 5.41) is 1.56. The SMILES string of the molecule is CC(C)(C)OC(=O)N1CCCCN(S(=O)(=O)c2ccc3cnccc3c2)[C@H](CF)C1. The molecule has 3 rings (SSSR count). The fourth-order valence-electron chi connectivity index (χ4n) is 3.48. The lowest BCUT2D eigenvalue weighted by atomic mass is 10.2. The van der Waals surface area contributed by atoms with Crippen LogP contribution in [0.3, 0.4) is 0 Å². The van der Waals surface area contributed by atoms with Crippen molar-refractivity contribution in [2.45, 2.75) is 50.2 Å². The van der Waals surface area contributed by atoms with Crippen LogP contribution in [-0.4, -0.2) is 66.7 Å². The van der Waals surface area contributed by atoms with Gasteiger partial charge in [-0.2, -0.15) is 4.31 Å². The summed E-state index contributed by atoms with van der Waals surface area (Å²) in [6.45, 7) is 4.93. The smallest absolute Gasteiger partial charge is 0.410 e. The van der Waals surface area contributed by atoms with Crippen LogP contribution in [0.25, 0.3) is 10.8 Å². The molecule has 2 heterocycles. The Morgan fingerprint density at radius 3 is 2.63 bits per heavy atom. The number of benzene rings is 1. The summed E-state index contributed by atoms with van der Waals surface area (Å²) in [7, 11) is -3.94. The molecule has 30 heavy (non-hydrogen) atoms. The van der Waals surface area contributed by atoms with Gasteiger partial charge in [0.1, 0.15) is 12.3 Å². The number of hydrogen-bond acceptors (Lipinski definition) is 5. The van der Waals surface area contributed by atoms with Crippen molar-refractivity contribution in [1.29, 1.82) is 0 Å². The average molecular weight is 438 g/mol. The molecule has 0 aliphatic carbocycles. The van der Waals surface area contributed by atoms with Gasteiger partial charge in [-0.25, -0.2) is 17.6 Å². The Bertz CT molecular complexity index is 1010. The van der Waals surface area contributed by atoms with Gasteiger partial charge in [0.15, 0.2) is 0 Å². The second-order valence-corrected chi connectivity index (χ2v) is 10.3. The Hall–Kier alpha value is -2.26. The molecular formula is C21H28FN3O4S. The van der Waals surface area contributed by atoms with Gasteiger partial charge >= 0.3 is 6.09 Å². The largest absolute Gasteiger partial charge is 0.444 e. The lowest BCUT2D eigenvalue weighted by Crippen LogP contribution is -2.52. The van der Waals surface area contributed by atoms with Crippen molar-refractivity contribution < 1.29 is 22.3 Å². The molecule has 1 saturated heterocycles. The zero-order valence-electron chi connectivity index (χ0n) is 17.5. The van der Waals surface area contributed by atoms with Crippen molar-refractivity contribution in [3.63, 3.8) is 0 Å². The van der Waals surface area contributed by atoms with Crippen LogP contribution in [0.4, 0.5) is 9.18 Å². The van der Waals surface area contributed by atoms with Crippen LogP contribution in [0, 0.1) is 0 Å². The first-order valence-electron chi connectivity index (χ1n) is 10.0. The first kappa shape index (κ1) is 22.4. The third-order valence-electron chi connectivity index (χ3n) is 4.94. The third kappa shape index (κ3) is 5.07. The molecule has 1 fully saturated rings. The van der Waals surface area contributed by atoms with E-state index in [0.717, 1.165) is 10.8 Å². The summed E-state index contributed by atoms with van der Waals surface area (Å²) in [5.41, 5.74) is -0.684. The first-order valence-corrected chi connectivity index (χ1v) is 11.5. The Labute approximate surface area is 176 Å². The maximum atomic E-state index is 14.0. The van der Waals surface area contributed by atoms with Gasteiger partial charge in [0.2, 0.25) is 10.0 Å². The Kier molecular flexibility index (Phi) is 6.62. The van der Waals surface area contributed by atoms with Gasteiger partial charge < -0.3 is 9.64 Å². The third-order valence-corrected chi connectivity index (χ3v) is 6.89. The summed E-state index contributed by atoms with van der Waals surface area (Å²) >= 11 is 0. The van der Waals surface area contributed by atoms with E-state index in [0.29, 0.717) is 19.4 Å². The van der Waals surface area contributed by atoms with Crippen LogP contribution in [0.5, 0.6) is 0 Å². The molecule has 1 amide bonds. The van der Waals surface area contributed by atoms with E-state index < -0.39 is 34.4 Å². The number of pyridine rings is 1. The van der Waals surface area contributed by atoms with E-state index in [4.69, 9.17) is 4.74 Å². The van der Waals surface area contributed by atoms with E-state index in [1.54, 1.807) is 51.4 Å². The summed E-state index contributed by atoms with van der Waals surface area (Å²) in [6.07, 6.45) is 3.82. The quantitative estimate of drug-likeness (QED) is 0.733. The number of halogens is 1. The number of amides is 1. The molecule has 0 N–H and O–H groups in total. The number of aromatic nitrogens is 1. The number of rotatable bonds is 3. The van der Waals surface area contributed by atoms with Crippen molar-refractivity contribution in [3.05, 3.63) is 36.7 Å². The van der Waals surface area contributed by atoms with Crippen LogP contribution in [0.2, 0.25) is 0 Å². The second-order valence-electron chi connectivity index (χ2n) is 8.44. The molecule has 1 atom stereocenters. The van der Waals surface area contributed by atoms with Gasteiger partial charge in [0.25, 0.3) is 0 Å². The molecular weight excluding hydrogens is 409 g/mol. The summed E-state index contributed by atoms with van der Waals surface area (Å²) < 4.78 is 47.4. The average Bonchev–Trinajstić information content (AvgIpc) is 2.66. The number of sulfonamides is 1. The zero-order chi connectivity index (χ0) is 21.9. The molecule has 1 aromatic heterocycles. The molecule has 1 aromatic carbocycles. The number of nitrogens with zero attached hydrogens (tertiary/aromatic N) is 3. The summed E-state index contributed by atoms with van der Waals surface area (Å²) in [6, 6.07) is 5.54. The molecule has 0 unspecified atom stereocenters. The van der Waals surface area contributed by atoms with Gasteiger partial charge in [0, 0.05) is 37.4 Å². The highest BCUT2D eigenvalue weighted by atomic mass is 32.2. The van der Waals surface area contributed by atoms with Gasteiger partial charge in [-0.05, 0) is 57.2 Å². The minimum atomic E-state index is -3.94.